The van der Waals surface area contributed by atoms with E-state index in [0.717, 1.165) is 58.7 Å². The summed E-state index contributed by atoms with van der Waals surface area (Å²) in [5.41, 5.74) is 6.99. The summed E-state index contributed by atoms with van der Waals surface area (Å²) in [5.74, 6) is 9.13. The maximum atomic E-state index is 4.16. The van der Waals surface area contributed by atoms with Gasteiger partial charge in [-0.2, -0.15) is 0 Å². The first kappa shape index (κ1) is 31.2. The maximum Gasteiger partial charge on any atom is 0.0255 e. The number of benzene rings is 1. The summed E-state index contributed by atoms with van der Waals surface area (Å²) in [5, 5.41) is 8.46. The number of hydrogen-bond donors (Lipinski definition) is 2. The first-order valence-corrected chi connectivity index (χ1v) is 22.8. The average Bonchev–Trinajstić information content (AvgIpc) is 3.52. The Hall–Kier alpha value is -0.520. The van der Waals surface area contributed by atoms with Gasteiger partial charge < -0.3 is 10.6 Å². The highest BCUT2D eigenvalue weighted by atomic mass is 31.1. The zero-order valence-electron chi connectivity index (χ0n) is 29.0. The molecule has 47 heavy (non-hydrogen) atoms. The summed E-state index contributed by atoms with van der Waals surface area (Å²) < 4.78 is 0. The Labute approximate surface area is 289 Å². The summed E-state index contributed by atoms with van der Waals surface area (Å²) in [6, 6.07) is 12.7. The third-order valence-electron chi connectivity index (χ3n) is 16.0. The van der Waals surface area contributed by atoms with E-state index >= 15 is 0 Å². The number of nitrogens with one attached hydrogen (secondary N) is 2. The molecule has 11 aliphatic rings. The monoisotopic (exact) mass is 668 g/mol. The lowest BCUT2D eigenvalue weighted by molar-refractivity contribution is 0.0130. The highest BCUT2D eigenvalue weighted by molar-refractivity contribution is 7.59. The van der Waals surface area contributed by atoms with Crippen molar-refractivity contribution in [3.05, 3.63) is 53.6 Å². The largest absolute Gasteiger partial charge is 0.313 e. The number of rotatable bonds is 8. The molecule has 2 aliphatic heterocycles. The topological polar surface area (TPSA) is 24.1 Å². The van der Waals surface area contributed by atoms with E-state index in [1.165, 1.54) is 68.9 Å². The first-order chi connectivity index (χ1) is 23.1. The van der Waals surface area contributed by atoms with E-state index in [0.29, 0.717) is 18.0 Å². The van der Waals surface area contributed by atoms with Crippen LogP contribution in [0.5, 0.6) is 0 Å². The van der Waals surface area contributed by atoms with Crippen LogP contribution < -0.4 is 10.6 Å². The Morgan fingerprint density at radius 3 is 1.57 bits per heavy atom. The molecule has 12 rings (SSSR count). The number of allylic oxidation sites excluding steroid dienone is 4. The van der Waals surface area contributed by atoms with Gasteiger partial charge in [0.05, 0.1) is 0 Å². The maximum absolute atomic E-state index is 4.16. The fourth-order valence-electron chi connectivity index (χ4n) is 14.8. The molecule has 4 atom stereocenters. The van der Waals surface area contributed by atoms with Gasteiger partial charge in [-0.3, -0.25) is 0 Å². The molecular weight excluding hydrogens is 606 g/mol. The summed E-state index contributed by atoms with van der Waals surface area (Å²) in [4.78, 5) is 0. The van der Waals surface area contributed by atoms with E-state index in [9.17, 15) is 0 Å². The van der Waals surface area contributed by atoms with Gasteiger partial charge in [-0.1, -0.05) is 68.8 Å². The lowest BCUT2D eigenvalue weighted by atomic mass is 9.55. The van der Waals surface area contributed by atoms with Crippen LogP contribution in [0.4, 0.5) is 0 Å². The van der Waals surface area contributed by atoms with Crippen LogP contribution in [0, 0.1) is 53.3 Å². The van der Waals surface area contributed by atoms with E-state index in [2.05, 4.69) is 62.4 Å². The van der Waals surface area contributed by atoms with Crippen LogP contribution in [0.1, 0.15) is 108 Å². The van der Waals surface area contributed by atoms with Crippen LogP contribution in [-0.2, 0) is 0 Å². The van der Waals surface area contributed by atoms with Crippen LogP contribution in [0.2, 0.25) is 0 Å². The van der Waals surface area contributed by atoms with Crippen LogP contribution in [0.25, 0.3) is 5.57 Å². The van der Waals surface area contributed by atoms with Crippen molar-refractivity contribution in [1.29, 1.82) is 0 Å². The van der Waals surface area contributed by atoms with Crippen LogP contribution >= 0.6 is 17.2 Å². The van der Waals surface area contributed by atoms with Gasteiger partial charge in [0, 0.05) is 23.2 Å². The van der Waals surface area contributed by atoms with Crippen LogP contribution in [0.15, 0.2) is 48.1 Å². The molecule has 4 heteroatoms. The minimum atomic E-state index is -0.0198. The van der Waals surface area contributed by atoms with Crippen molar-refractivity contribution < 1.29 is 0 Å². The van der Waals surface area contributed by atoms with E-state index in [-0.39, 0.29) is 13.1 Å². The second-order valence-electron chi connectivity index (χ2n) is 18.7. The van der Waals surface area contributed by atoms with Crippen LogP contribution in [-0.4, -0.2) is 47.8 Å². The molecule has 1 aromatic rings. The molecule has 10 fully saturated rings. The van der Waals surface area contributed by atoms with Crippen molar-refractivity contribution in [2.45, 2.75) is 131 Å². The van der Waals surface area contributed by atoms with Gasteiger partial charge in [0.2, 0.25) is 0 Å². The van der Waals surface area contributed by atoms with E-state index < -0.39 is 0 Å². The molecule has 2 saturated heterocycles. The Morgan fingerprint density at radius 1 is 0.638 bits per heavy atom. The van der Waals surface area contributed by atoms with Gasteiger partial charge in [0.25, 0.3) is 0 Å². The molecule has 0 aromatic heterocycles. The molecule has 0 amide bonds. The molecule has 4 unspecified atom stereocenters. The van der Waals surface area contributed by atoms with E-state index in [1.54, 1.807) is 64.2 Å². The fraction of sp³-hybridized carbons (Fsp3) is 0.767. The molecule has 9 aliphatic carbocycles. The number of hydrogen-bond acceptors (Lipinski definition) is 2. The van der Waals surface area contributed by atoms with Gasteiger partial charge in [-0.25, -0.2) is 0 Å². The van der Waals surface area contributed by atoms with Crippen LogP contribution in [0.3, 0.4) is 0 Å². The molecule has 1 aromatic carbocycles. The lowest BCUT2D eigenvalue weighted by Crippen LogP contribution is -2.63. The molecule has 2 N–H and O–H groups in total. The smallest absolute Gasteiger partial charge is 0.0255 e. The summed E-state index contributed by atoms with van der Waals surface area (Å²) in [7, 11) is 3.64. The first-order valence-electron chi connectivity index (χ1n) is 20.6. The third kappa shape index (κ3) is 5.46. The summed E-state index contributed by atoms with van der Waals surface area (Å²) in [6.45, 7) is 2.39. The van der Waals surface area contributed by atoms with Crippen molar-refractivity contribution in [3.63, 3.8) is 0 Å². The van der Waals surface area contributed by atoms with Crippen molar-refractivity contribution in [2.75, 3.05) is 19.3 Å². The van der Waals surface area contributed by atoms with Gasteiger partial charge in [-0.15, -0.1) is 9.24 Å². The second kappa shape index (κ2) is 12.6. The average molecular weight is 669 g/mol. The van der Waals surface area contributed by atoms with Gasteiger partial charge in [-0.05, 0) is 179 Å². The minimum Gasteiger partial charge on any atom is -0.313 e. The molecule has 2 nitrogen and oxygen atoms in total. The molecule has 8 saturated carbocycles. The van der Waals surface area contributed by atoms with Crippen molar-refractivity contribution in [1.82, 2.24) is 10.6 Å². The lowest BCUT2D eigenvalue weighted by Gasteiger charge is -2.62. The van der Waals surface area contributed by atoms with Gasteiger partial charge >= 0.3 is 0 Å². The second-order valence-corrected chi connectivity index (χ2v) is 22.2. The normalized spacial score (nSPS) is 47.0. The highest BCUT2D eigenvalue weighted by Gasteiger charge is 2.58. The Kier molecular flexibility index (Phi) is 8.38. The standard InChI is InChI=1S/C43H62N2P2/c46-43(39-10-4-6-12-44-39,40-11-5-7-13-45-40)38-25-32(31-8-2-1-3-9-31)24-37(38)26-47(41-33-16-27-14-28(18-33)19-34(41)17-27)42-35-20-29-15-30(22-35)23-36(42)21-29/h1-3,8-9,24-25,27-30,33-36,38-42,44-45H,4-7,10-23,26,46H2. The number of piperidine rings is 2. The minimum absolute atomic E-state index is 0.0198. The third-order valence-corrected chi connectivity index (χ3v) is 21.2. The van der Waals surface area contributed by atoms with E-state index in [4.69, 9.17) is 0 Å². The fourth-order valence-corrected chi connectivity index (χ4v) is 20.3. The highest BCUT2D eigenvalue weighted by Crippen LogP contribution is 2.72. The van der Waals surface area contributed by atoms with E-state index in [1.807, 2.05) is 5.57 Å². The Morgan fingerprint density at radius 2 is 1.13 bits per heavy atom. The zero-order valence-corrected chi connectivity index (χ0v) is 31.1. The van der Waals surface area contributed by atoms with Crippen molar-refractivity contribution in [2.24, 2.45) is 53.3 Å². The predicted molar refractivity (Wildman–Crippen MR) is 203 cm³/mol. The summed E-state index contributed by atoms with van der Waals surface area (Å²) in [6.07, 6.45) is 31.2. The molecule has 254 valence electrons. The SMILES string of the molecule is PC(C1CCCCN1)(C1CCCCN1)C1C=C(c2ccccc2)C=C1CP(C1C2CC3CC(C2)CC1C3)C1C2CC3CC(C2)CC1C3. The Balaban J connectivity index is 1.06. The van der Waals surface area contributed by atoms with Gasteiger partial charge in [0.1, 0.15) is 0 Å². The molecule has 0 spiro atoms. The Bertz CT molecular complexity index is 1240. The zero-order chi connectivity index (χ0) is 31.1. The summed E-state index contributed by atoms with van der Waals surface area (Å²) >= 11 is 0. The predicted octanol–water partition coefficient (Wildman–Crippen LogP) is 9.66. The molecule has 0 radical (unpaired) electrons. The molecule has 8 bridgehead atoms. The molecular formula is C43H62N2P2. The quantitative estimate of drug-likeness (QED) is 0.270. The molecule has 2 heterocycles. The van der Waals surface area contributed by atoms with Crippen molar-refractivity contribution >= 4 is 22.7 Å². The van der Waals surface area contributed by atoms with Crippen molar-refractivity contribution in [3.8, 4) is 0 Å². The van der Waals surface area contributed by atoms with Gasteiger partial charge in [0.15, 0.2) is 0 Å².